The fourth-order valence-electron chi connectivity index (χ4n) is 4.38. The Bertz CT molecular complexity index is 1380. The molecule has 1 aliphatic heterocycles. The van der Waals surface area contributed by atoms with E-state index in [4.69, 9.17) is 4.98 Å². The topological polar surface area (TPSA) is 53.4 Å². The average molecular weight is 413 g/mol. The molecule has 1 amide bonds. The van der Waals surface area contributed by atoms with Crippen LogP contribution >= 0.6 is 11.3 Å². The molecule has 5 aromatic rings. The molecule has 0 fully saturated rings. The summed E-state index contributed by atoms with van der Waals surface area (Å²) < 4.78 is 2.06. The number of nitrogens with one attached hydrogen (secondary N) is 1. The van der Waals surface area contributed by atoms with Crippen molar-refractivity contribution in [3.8, 4) is 11.3 Å². The fraction of sp³-hybridized carbons (Fsp3) is 0.167. The van der Waals surface area contributed by atoms with Crippen LogP contribution in [-0.2, 0) is 24.2 Å². The van der Waals surface area contributed by atoms with E-state index < -0.39 is 0 Å². The lowest BCUT2D eigenvalue weighted by atomic mass is 10.0. The molecule has 0 unspecified atom stereocenters. The number of thiazole rings is 1. The summed E-state index contributed by atoms with van der Waals surface area (Å²) in [7, 11) is 0. The lowest BCUT2D eigenvalue weighted by Gasteiger charge is -2.27. The number of imidazole rings is 1. The Morgan fingerprint density at radius 1 is 1.10 bits per heavy atom. The van der Waals surface area contributed by atoms with Crippen LogP contribution in [0.1, 0.15) is 17.0 Å². The summed E-state index contributed by atoms with van der Waals surface area (Å²) in [6.07, 6.45) is 3.32. The predicted octanol–water partition coefficient (Wildman–Crippen LogP) is 4.67. The second kappa shape index (κ2) is 6.85. The van der Waals surface area contributed by atoms with Gasteiger partial charge in [0, 0.05) is 46.0 Å². The van der Waals surface area contributed by atoms with Gasteiger partial charge in [-0.1, -0.05) is 48.5 Å². The maximum Gasteiger partial charge on any atom is 0.228 e. The van der Waals surface area contributed by atoms with Gasteiger partial charge in [-0.15, -0.1) is 11.3 Å². The molecule has 3 aromatic heterocycles. The molecule has 1 aliphatic rings. The zero-order valence-corrected chi connectivity index (χ0v) is 17.2. The van der Waals surface area contributed by atoms with Crippen LogP contribution in [0.25, 0.3) is 27.1 Å². The van der Waals surface area contributed by atoms with Crippen molar-refractivity contribution in [2.24, 2.45) is 0 Å². The van der Waals surface area contributed by atoms with Gasteiger partial charge >= 0.3 is 0 Å². The molecule has 148 valence electrons. The number of amides is 1. The van der Waals surface area contributed by atoms with Gasteiger partial charge in [0.05, 0.1) is 18.7 Å². The van der Waals surface area contributed by atoms with E-state index in [1.54, 1.807) is 11.3 Å². The monoisotopic (exact) mass is 412 g/mol. The molecule has 5 nitrogen and oxygen atoms in total. The smallest absolute Gasteiger partial charge is 0.228 e. The third kappa shape index (κ3) is 2.83. The highest BCUT2D eigenvalue weighted by Gasteiger charge is 2.24. The molecular weight excluding hydrogens is 392 g/mol. The van der Waals surface area contributed by atoms with E-state index in [9.17, 15) is 4.79 Å². The quantitative estimate of drug-likeness (QED) is 0.468. The SMILES string of the molecule is O=C(Cc1csc2nc(-c3ccccc3)cn12)N1CCc2c([nH]c3ccccc23)C1. The van der Waals surface area contributed by atoms with Gasteiger partial charge in [-0.25, -0.2) is 4.98 Å². The van der Waals surface area contributed by atoms with Crippen LogP contribution in [0.5, 0.6) is 0 Å². The summed E-state index contributed by atoms with van der Waals surface area (Å²) in [5.41, 5.74) is 6.71. The van der Waals surface area contributed by atoms with E-state index in [1.807, 2.05) is 40.7 Å². The maximum atomic E-state index is 13.1. The summed E-state index contributed by atoms with van der Waals surface area (Å²) >= 11 is 1.58. The molecule has 6 heteroatoms. The second-order valence-electron chi connectivity index (χ2n) is 7.74. The van der Waals surface area contributed by atoms with Crippen LogP contribution in [0, 0.1) is 0 Å². The van der Waals surface area contributed by atoms with Gasteiger partial charge in [0.2, 0.25) is 5.91 Å². The Hall–Kier alpha value is -3.38. The first-order chi connectivity index (χ1) is 14.8. The number of H-pyrrole nitrogens is 1. The minimum atomic E-state index is 0.161. The highest BCUT2D eigenvalue weighted by atomic mass is 32.1. The largest absolute Gasteiger partial charge is 0.357 e. The molecule has 0 bridgehead atoms. The van der Waals surface area contributed by atoms with E-state index in [1.165, 1.54) is 16.6 Å². The average Bonchev–Trinajstić information content (AvgIpc) is 3.47. The number of nitrogens with zero attached hydrogens (tertiary/aromatic N) is 3. The summed E-state index contributed by atoms with van der Waals surface area (Å²) in [5.74, 6) is 0.161. The Kier molecular flexibility index (Phi) is 3.99. The van der Waals surface area contributed by atoms with Crippen molar-refractivity contribution < 1.29 is 4.79 Å². The third-order valence-corrected chi connectivity index (χ3v) is 6.81. The number of carbonyl (C=O) groups excluding carboxylic acids is 1. The second-order valence-corrected chi connectivity index (χ2v) is 8.58. The standard InChI is InChI=1S/C24H20N4OS/c29-23(27-11-10-19-18-8-4-5-9-20(18)25-22(19)13-27)12-17-15-30-24-26-21(14-28(17)24)16-6-2-1-3-7-16/h1-9,14-15,25H,10-13H2. The van der Waals surface area contributed by atoms with Gasteiger partial charge < -0.3 is 9.88 Å². The minimum Gasteiger partial charge on any atom is -0.357 e. The normalized spacial score (nSPS) is 13.8. The van der Waals surface area contributed by atoms with Crippen LogP contribution in [0.3, 0.4) is 0 Å². The lowest BCUT2D eigenvalue weighted by Crippen LogP contribution is -2.37. The molecule has 4 heterocycles. The van der Waals surface area contributed by atoms with Crippen molar-refractivity contribution in [3.05, 3.63) is 83.1 Å². The van der Waals surface area contributed by atoms with E-state index in [0.29, 0.717) is 13.0 Å². The minimum absolute atomic E-state index is 0.161. The number of carbonyl (C=O) groups is 1. The van der Waals surface area contributed by atoms with Crippen molar-refractivity contribution >= 4 is 33.1 Å². The number of hydrogen-bond acceptors (Lipinski definition) is 3. The van der Waals surface area contributed by atoms with Crippen molar-refractivity contribution in [1.29, 1.82) is 0 Å². The van der Waals surface area contributed by atoms with Crippen molar-refractivity contribution in [2.45, 2.75) is 19.4 Å². The summed E-state index contributed by atoms with van der Waals surface area (Å²) in [6.45, 7) is 1.41. The Balaban J connectivity index is 1.24. The van der Waals surface area contributed by atoms with Crippen LogP contribution in [0.15, 0.2) is 66.2 Å². The van der Waals surface area contributed by atoms with Gasteiger partial charge in [0.25, 0.3) is 0 Å². The van der Waals surface area contributed by atoms with Crippen LogP contribution in [-0.4, -0.2) is 31.7 Å². The van der Waals surface area contributed by atoms with Crippen molar-refractivity contribution in [3.63, 3.8) is 0 Å². The molecule has 0 spiro atoms. The third-order valence-electron chi connectivity index (χ3n) is 5.92. The van der Waals surface area contributed by atoms with Gasteiger partial charge in [0.15, 0.2) is 4.96 Å². The van der Waals surface area contributed by atoms with Gasteiger partial charge in [-0.2, -0.15) is 0 Å². The molecular formula is C24H20N4OS. The first-order valence-corrected chi connectivity index (χ1v) is 11.0. The molecule has 30 heavy (non-hydrogen) atoms. The number of fused-ring (bicyclic) bond motifs is 4. The van der Waals surface area contributed by atoms with Crippen LogP contribution in [0.2, 0.25) is 0 Å². The lowest BCUT2D eigenvalue weighted by molar-refractivity contribution is -0.131. The maximum absolute atomic E-state index is 13.1. The molecule has 0 saturated carbocycles. The molecule has 1 N–H and O–H groups in total. The van der Waals surface area contributed by atoms with Crippen molar-refractivity contribution in [1.82, 2.24) is 19.3 Å². The zero-order chi connectivity index (χ0) is 20.1. The Morgan fingerprint density at radius 2 is 1.93 bits per heavy atom. The number of aromatic nitrogens is 3. The van der Waals surface area contributed by atoms with Crippen LogP contribution < -0.4 is 0 Å². The van der Waals surface area contributed by atoms with Crippen molar-refractivity contribution in [2.75, 3.05) is 6.54 Å². The molecule has 0 saturated heterocycles. The summed E-state index contributed by atoms with van der Waals surface area (Å²) in [4.78, 5) is 24.2. The van der Waals surface area contributed by atoms with Gasteiger partial charge in [-0.05, 0) is 18.1 Å². The van der Waals surface area contributed by atoms with E-state index in [0.717, 1.165) is 40.4 Å². The first kappa shape index (κ1) is 17.5. The number of hydrogen-bond donors (Lipinski definition) is 1. The summed E-state index contributed by atoms with van der Waals surface area (Å²) in [5, 5.41) is 3.33. The molecule has 0 atom stereocenters. The van der Waals surface area contributed by atoms with E-state index in [2.05, 4.69) is 39.7 Å². The predicted molar refractivity (Wildman–Crippen MR) is 120 cm³/mol. The zero-order valence-electron chi connectivity index (χ0n) is 16.3. The number of aromatic amines is 1. The van der Waals surface area contributed by atoms with E-state index >= 15 is 0 Å². The van der Waals surface area contributed by atoms with Crippen LogP contribution in [0.4, 0.5) is 0 Å². The first-order valence-electron chi connectivity index (χ1n) is 10.1. The summed E-state index contributed by atoms with van der Waals surface area (Å²) in [6, 6.07) is 18.5. The molecule has 0 aliphatic carbocycles. The fourth-order valence-corrected chi connectivity index (χ4v) is 5.25. The molecule has 0 radical (unpaired) electrons. The molecule has 2 aromatic carbocycles. The van der Waals surface area contributed by atoms with Gasteiger partial charge in [-0.3, -0.25) is 9.20 Å². The number of benzene rings is 2. The highest BCUT2D eigenvalue weighted by molar-refractivity contribution is 7.15. The number of rotatable bonds is 3. The highest BCUT2D eigenvalue weighted by Crippen LogP contribution is 2.28. The van der Waals surface area contributed by atoms with Gasteiger partial charge in [0.1, 0.15) is 0 Å². The Morgan fingerprint density at radius 3 is 2.83 bits per heavy atom. The van der Waals surface area contributed by atoms with E-state index in [-0.39, 0.29) is 5.91 Å². The Labute approximate surface area is 177 Å². The molecule has 6 rings (SSSR count). The number of para-hydroxylation sites is 1.